The van der Waals surface area contributed by atoms with Crippen LogP contribution in [0.3, 0.4) is 0 Å². The molecule has 2 aromatic rings. The van der Waals surface area contributed by atoms with Crippen LogP contribution in [0, 0.1) is 0 Å². The summed E-state index contributed by atoms with van der Waals surface area (Å²) in [6, 6.07) is 7.29. The molecule has 0 saturated heterocycles. The lowest BCUT2D eigenvalue weighted by molar-refractivity contribution is 0.405. The summed E-state index contributed by atoms with van der Waals surface area (Å²) in [5, 5.41) is 21.3. The standard InChI is InChI=1S/C27H38N2O4/c1-26(2,3)22-14-20(32-7)12-18(24(22)30)16-28-10-9-11-29-17-19-13-21(33-8)15-23(25(19)31)27(4,5)6/h12-17,30-31H,9-11H2,1-8H3. The first kappa shape index (κ1) is 26.2. The highest BCUT2D eigenvalue weighted by atomic mass is 16.5. The van der Waals surface area contributed by atoms with Gasteiger partial charge in [-0.25, -0.2) is 0 Å². The lowest BCUT2D eigenvalue weighted by Gasteiger charge is -2.22. The summed E-state index contributed by atoms with van der Waals surface area (Å²) in [6.07, 6.45) is 4.10. The highest BCUT2D eigenvalue weighted by Gasteiger charge is 2.22. The van der Waals surface area contributed by atoms with Gasteiger partial charge in [0.15, 0.2) is 0 Å². The van der Waals surface area contributed by atoms with Crippen LogP contribution in [0.5, 0.6) is 23.0 Å². The van der Waals surface area contributed by atoms with E-state index in [-0.39, 0.29) is 22.3 Å². The van der Waals surface area contributed by atoms with Gasteiger partial charge in [0.2, 0.25) is 0 Å². The number of hydrogen-bond acceptors (Lipinski definition) is 6. The lowest BCUT2D eigenvalue weighted by Crippen LogP contribution is -2.12. The van der Waals surface area contributed by atoms with Crippen molar-refractivity contribution in [3.63, 3.8) is 0 Å². The van der Waals surface area contributed by atoms with Crippen LogP contribution in [0.4, 0.5) is 0 Å². The molecule has 0 spiro atoms. The van der Waals surface area contributed by atoms with E-state index in [4.69, 9.17) is 9.47 Å². The summed E-state index contributed by atoms with van der Waals surface area (Å²) in [5.41, 5.74) is 2.49. The topological polar surface area (TPSA) is 83.6 Å². The summed E-state index contributed by atoms with van der Waals surface area (Å²) in [4.78, 5) is 8.91. The molecular formula is C27H38N2O4. The molecule has 0 heterocycles. The number of nitrogens with zero attached hydrogens (tertiary/aromatic N) is 2. The molecule has 0 aromatic heterocycles. The number of methoxy groups -OCH3 is 2. The highest BCUT2D eigenvalue weighted by Crippen LogP contribution is 2.37. The Morgan fingerprint density at radius 3 is 1.36 bits per heavy atom. The van der Waals surface area contributed by atoms with E-state index >= 15 is 0 Å². The zero-order valence-corrected chi connectivity index (χ0v) is 21.2. The van der Waals surface area contributed by atoms with Crippen LogP contribution >= 0.6 is 0 Å². The van der Waals surface area contributed by atoms with Crippen LogP contribution in [0.2, 0.25) is 0 Å². The molecule has 2 rings (SSSR count). The van der Waals surface area contributed by atoms with Crippen LogP contribution in [-0.2, 0) is 10.8 Å². The zero-order valence-electron chi connectivity index (χ0n) is 21.2. The molecule has 0 amide bonds. The molecule has 0 fully saturated rings. The largest absolute Gasteiger partial charge is 0.507 e. The summed E-state index contributed by atoms with van der Waals surface area (Å²) in [5.74, 6) is 1.84. The minimum Gasteiger partial charge on any atom is -0.507 e. The number of benzene rings is 2. The summed E-state index contributed by atoms with van der Waals surface area (Å²) >= 11 is 0. The third kappa shape index (κ3) is 6.98. The van der Waals surface area contributed by atoms with Crippen molar-refractivity contribution in [2.24, 2.45) is 9.98 Å². The maximum atomic E-state index is 10.7. The SMILES string of the molecule is COc1cc(C=NCCCN=Cc2cc(OC)cc(C(C)(C)C)c2O)c(O)c(C(C)(C)C)c1. The second kappa shape index (κ2) is 10.7. The molecule has 33 heavy (non-hydrogen) atoms. The summed E-state index contributed by atoms with van der Waals surface area (Å²) in [6.45, 7) is 13.4. The number of aromatic hydroxyl groups is 2. The summed E-state index contributed by atoms with van der Waals surface area (Å²) < 4.78 is 10.8. The van der Waals surface area contributed by atoms with Gasteiger partial charge >= 0.3 is 0 Å². The van der Waals surface area contributed by atoms with Crippen molar-refractivity contribution in [3.05, 3.63) is 46.5 Å². The van der Waals surface area contributed by atoms with E-state index < -0.39 is 0 Å². The van der Waals surface area contributed by atoms with Crippen molar-refractivity contribution in [2.45, 2.75) is 58.8 Å². The van der Waals surface area contributed by atoms with Gasteiger partial charge in [-0.05, 0) is 41.5 Å². The van der Waals surface area contributed by atoms with Gasteiger partial charge < -0.3 is 19.7 Å². The van der Waals surface area contributed by atoms with E-state index in [1.54, 1.807) is 38.8 Å². The molecule has 2 N–H and O–H groups in total. The van der Waals surface area contributed by atoms with Gasteiger partial charge in [0, 0.05) is 47.8 Å². The van der Waals surface area contributed by atoms with E-state index in [1.165, 1.54) is 0 Å². The average Bonchev–Trinajstić information content (AvgIpc) is 2.73. The van der Waals surface area contributed by atoms with Crippen molar-refractivity contribution in [3.8, 4) is 23.0 Å². The Labute approximate surface area is 198 Å². The molecule has 0 atom stereocenters. The minimum atomic E-state index is -0.214. The van der Waals surface area contributed by atoms with Crippen LogP contribution in [-0.4, -0.2) is 50.0 Å². The third-order valence-corrected chi connectivity index (χ3v) is 5.35. The fraction of sp³-hybridized carbons (Fsp3) is 0.481. The lowest BCUT2D eigenvalue weighted by atomic mass is 9.85. The third-order valence-electron chi connectivity index (χ3n) is 5.35. The molecule has 0 bridgehead atoms. The first-order valence-corrected chi connectivity index (χ1v) is 11.2. The molecule has 6 heteroatoms. The molecule has 6 nitrogen and oxygen atoms in total. The number of ether oxygens (including phenoxy) is 2. The Balaban J connectivity index is 2.05. The molecule has 2 aromatic carbocycles. The van der Waals surface area contributed by atoms with E-state index in [2.05, 4.69) is 9.98 Å². The zero-order chi connectivity index (χ0) is 24.8. The van der Waals surface area contributed by atoms with Crippen LogP contribution in [0.15, 0.2) is 34.3 Å². The first-order chi connectivity index (χ1) is 15.4. The number of phenols is 2. The first-order valence-electron chi connectivity index (χ1n) is 11.2. The molecule has 0 radical (unpaired) electrons. The normalized spacial score (nSPS) is 12.6. The van der Waals surface area contributed by atoms with Gasteiger partial charge in [-0.1, -0.05) is 41.5 Å². The van der Waals surface area contributed by atoms with Crippen LogP contribution in [0.1, 0.15) is 70.2 Å². The number of rotatable bonds is 8. The molecule has 0 aliphatic rings. The van der Waals surface area contributed by atoms with Gasteiger partial charge in [0.25, 0.3) is 0 Å². The number of phenolic OH excluding ortho intramolecular Hbond substituents is 2. The van der Waals surface area contributed by atoms with Crippen molar-refractivity contribution in [1.82, 2.24) is 0 Å². The second-order valence-electron chi connectivity index (χ2n) is 10.1. The molecular weight excluding hydrogens is 416 g/mol. The fourth-order valence-electron chi connectivity index (χ4n) is 3.41. The van der Waals surface area contributed by atoms with E-state index in [9.17, 15) is 10.2 Å². The van der Waals surface area contributed by atoms with Crippen molar-refractivity contribution in [2.75, 3.05) is 27.3 Å². The van der Waals surface area contributed by atoms with Crippen LogP contribution in [0.25, 0.3) is 0 Å². The molecule has 0 unspecified atom stereocenters. The Morgan fingerprint density at radius 1 is 0.697 bits per heavy atom. The molecule has 0 saturated carbocycles. The van der Waals surface area contributed by atoms with Gasteiger partial charge in [0.1, 0.15) is 23.0 Å². The number of aliphatic imine (C=N–C) groups is 2. The monoisotopic (exact) mass is 454 g/mol. The van der Waals surface area contributed by atoms with Gasteiger partial charge in [-0.15, -0.1) is 0 Å². The van der Waals surface area contributed by atoms with Crippen molar-refractivity contribution >= 4 is 12.4 Å². The molecule has 0 aliphatic heterocycles. The highest BCUT2D eigenvalue weighted by molar-refractivity contribution is 5.86. The van der Waals surface area contributed by atoms with Gasteiger partial charge in [0.05, 0.1) is 14.2 Å². The predicted octanol–water partition coefficient (Wildman–Crippen LogP) is 5.64. The van der Waals surface area contributed by atoms with Gasteiger partial charge in [-0.3, -0.25) is 9.98 Å². The Morgan fingerprint density at radius 2 is 1.06 bits per heavy atom. The van der Waals surface area contributed by atoms with E-state index in [1.807, 2.05) is 53.7 Å². The molecule has 0 aliphatic carbocycles. The average molecular weight is 455 g/mol. The maximum absolute atomic E-state index is 10.7. The minimum absolute atomic E-state index is 0.214. The van der Waals surface area contributed by atoms with Gasteiger partial charge in [-0.2, -0.15) is 0 Å². The second-order valence-corrected chi connectivity index (χ2v) is 10.1. The van der Waals surface area contributed by atoms with E-state index in [0.717, 1.165) is 17.5 Å². The van der Waals surface area contributed by atoms with Crippen LogP contribution < -0.4 is 9.47 Å². The quantitative estimate of drug-likeness (QED) is 0.399. The fourth-order valence-corrected chi connectivity index (χ4v) is 3.41. The number of hydrogen-bond donors (Lipinski definition) is 2. The van der Waals surface area contributed by atoms with Crippen molar-refractivity contribution in [1.29, 1.82) is 0 Å². The summed E-state index contributed by atoms with van der Waals surface area (Å²) in [7, 11) is 3.23. The molecule has 180 valence electrons. The smallest absolute Gasteiger partial charge is 0.128 e. The Kier molecular flexibility index (Phi) is 8.53. The Bertz CT molecular complexity index is 931. The van der Waals surface area contributed by atoms with E-state index in [0.29, 0.717) is 35.7 Å². The van der Waals surface area contributed by atoms with Crippen molar-refractivity contribution < 1.29 is 19.7 Å². The predicted molar refractivity (Wildman–Crippen MR) is 136 cm³/mol. The Hall–Kier alpha value is -3.02. The maximum Gasteiger partial charge on any atom is 0.128 e.